The third-order valence-electron chi connectivity index (χ3n) is 3.86. The standard InChI is InChI=1S/C15H24N2OS/c1-18-9-8-17(13-4-5-13)11-15-7-6-14(19-15)10-16-12-2-3-12/h6-7,12-13,16H,2-5,8-11H2,1H3. The van der Waals surface area contributed by atoms with E-state index >= 15 is 0 Å². The van der Waals surface area contributed by atoms with Crippen LogP contribution in [-0.4, -0.2) is 37.2 Å². The molecule has 19 heavy (non-hydrogen) atoms. The summed E-state index contributed by atoms with van der Waals surface area (Å²) in [5.41, 5.74) is 0. The van der Waals surface area contributed by atoms with E-state index in [-0.39, 0.29) is 0 Å². The Morgan fingerprint density at radius 2 is 2.05 bits per heavy atom. The van der Waals surface area contributed by atoms with Gasteiger partial charge in [-0.2, -0.15) is 0 Å². The van der Waals surface area contributed by atoms with Crippen LogP contribution in [0.25, 0.3) is 0 Å². The van der Waals surface area contributed by atoms with Crippen LogP contribution in [0.1, 0.15) is 35.4 Å². The number of methoxy groups -OCH3 is 1. The fourth-order valence-electron chi connectivity index (χ4n) is 2.37. The number of nitrogens with zero attached hydrogens (tertiary/aromatic N) is 1. The summed E-state index contributed by atoms with van der Waals surface area (Å²) < 4.78 is 5.22. The Balaban J connectivity index is 1.49. The van der Waals surface area contributed by atoms with Gasteiger partial charge in [0.05, 0.1) is 6.61 Å². The van der Waals surface area contributed by atoms with Gasteiger partial charge < -0.3 is 10.1 Å². The number of rotatable bonds is 9. The number of ether oxygens (including phenoxy) is 1. The largest absolute Gasteiger partial charge is 0.383 e. The maximum Gasteiger partial charge on any atom is 0.0589 e. The van der Waals surface area contributed by atoms with E-state index < -0.39 is 0 Å². The van der Waals surface area contributed by atoms with Crippen molar-refractivity contribution in [2.75, 3.05) is 20.3 Å². The van der Waals surface area contributed by atoms with E-state index in [1.807, 2.05) is 11.3 Å². The fraction of sp³-hybridized carbons (Fsp3) is 0.733. The molecule has 3 nitrogen and oxygen atoms in total. The van der Waals surface area contributed by atoms with Crippen molar-refractivity contribution in [1.29, 1.82) is 0 Å². The molecule has 4 heteroatoms. The lowest BCUT2D eigenvalue weighted by atomic mass is 10.3. The van der Waals surface area contributed by atoms with Crippen LogP contribution in [0.4, 0.5) is 0 Å². The molecule has 2 aliphatic rings. The highest BCUT2D eigenvalue weighted by atomic mass is 32.1. The molecule has 0 bridgehead atoms. The predicted molar refractivity (Wildman–Crippen MR) is 79.5 cm³/mol. The molecule has 106 valence electrons. The van der Waals surface area contributed by atoms with E-state index in [0.717, 1.165) is 38.3 Å². The van der Waals surface area contributed by atoms with Crippen LogP contribution in [-0.2, 0) is 17.8 Å². The van der Waals surface area contributed by atoms with E-state index in [1.165, 1.54) is 35.4 Å². The Morgan fingerprint density at radius 1 is 1.26 bits per heavy atom. The van der Waals surface area contributed by atoms with Gasteiger partial charge in [-0.3, -0.25) is 4.90 Å². The molecule has 0 saturated heterocycles. The number of hydrogen-bond acceptors (Lipinski definition) is 4. The smallest absolute Gasteiger partial charge is 0.0589 e. The molecule has 1 heterocycles. The second kappa shape index (κ2) is 6.35. The first-order valence-corrected chi connectivity index (χ1v) is 8.21. The topological polar surface area (TPSA) is 24.5 Å². The van der Waals surface area contributed by atoms with Gasteiger partial charge in [-0.15, -0.1) is 11.3 Å². The van der Waals surface area contributed by atoms with Crippen LogP contribution in [0.3, 0.4) is 0 Å². The Kier molecular flexibility index (Phi) is 4.53. The van der Waals surface area contributed by atoms with E-state index in [9.17, 15) is 0 Å². The summed E-state index contributed by atoms with van der Waals surface area (Å²) in [6.07, 6.45) is 5.46. The van der Waals surface area contributed by atoms with Gasteiger partial charge in [0.25, 0.3) is 0 Å². The van der Waals surface area contributed by atoms with E-state index in [4.69, 9.17) is 4.74 Å². The quantitative estimate of drug-likeness (QED) is 0.752. The Bertz CT molecular complexity index is 399. The normalized spacial score (nSPS) is 19.3. The summed E-state index contributed by atoms with van der Waals surface area (Å²) in [7, 11) is 1.79. The summed E-state index contributed by atoms with van der Waals surface area (Å²) in [5, 5.41) is 3.59. The molecule has 3 rings (SSSR count). The second-order valence-corrected chi connectivity index (χ2v) is 6.97. The van der Waals surface area contributed by atoms with Gasteiger partial charge in [-0.25, -0.2) is 0 Å². The van der Waals surface area contributed by atoms with E-state index in [1.54, 1.807) is 7.11 Å². The van der Waals surface area contributed by atoms with Crippen molar-refractivity contribution in [2.24, 2.45) is 0 Å². The van der Waals surface area contributed by atoms with Crippen molar-refractivity contribution in [2.45, 2.75) is 50.9 Å². The van der Waals surface area contributed by atoms with Crippen molar-refractivity contribution in [3.63, 3.8) is 0 Å². The third-order valence-corrected chi connectivity index (χ3v) is 4.93. The minimum absolute atomic E-state index is 0.801. The fourth-order valence-corrected chi connectivity index (χ4v) is 3.37. The molecule has 2 aliphatic carbocycles. The molecule has 0 aliphatic heterocycles. The first kappa shape index (κ1) is 13.6. The molecule has 0 radical (unpaired) electrons. The minimum Gasteiger partial charge on any atom is -0.383 e. The van der Waals surface area contributed by atoms with Gasteiger partial charge in [0.1, 0.15) is 0 Å². The SMILES string of the molecule is COCCN(Cc1ccc(CNC2CC2)s1)C1CC1. The Hall–Kier alpha value is -0.420. The summed E-state index contributed by atoms with van der Waals surface area (Å²) in [6, 6.07) is 6.20. The van der Waals surface area contributed by atoms with Crippen LogP contribution in [0, 0.1) is 0 Å². The molecule has 1 aromatic rings. The number of thiophene rings is 1. The molecule has 1 N–H and O–H groups in total. The first-order valence-electron chi connectivity index (χ1n) is 7.39. The van der Waals surface area contributed by atoms with Crippen molar-refractivity contribution >= 4 is 11.3 Å². The van der Waals surface area contributed by atoms with Crippen LogP contribution < -0.4 is 5.32 Å². The highest BCUT2D eigenvalue weighted by Gasteiger charge is 2.28. The summed E-state index contributed by atoms with van der Waals surface area (Å²) in [4.78, 5) is 5.55. The van der Waals surface area contributed by atoms with E-state index in [2.05, 4.69) is 22.3 Å². The molecular weight excluding hydrogens is 256 g/mol. The van der Waals surface area contributed by atoms with Crippen molar-refractivity contribution in [3.05, 3.63) is 21.9 Å². The monoisotopic (exact) mass is 280 g/mol. The maximum absolute atomic E-state index is 5.22. The molecule has 0 spiro atoms. The predicted octanol–water partition coefficient (Wildman–Crippen LogP) is 2.61. The van der Waals surface area contributed by atoms with Gasteiger partial charge in [0.2, 0.25) is 0 Å². The maximum atomic E-state index is 5.22. The average Bonchev–Trinajstić information content (AvgIpc) is 3.32. The summed E-state index contributed by atoms with van der Waals surface area (Å²) >= 11 is 1.96. The highest BCUT2D eigenvalue weighted by molar-refractivity contribution is 7.11. The lowest BCUT2D eigenvalue weighted by Gasteiger charge is -2.20. The number of hydrogen-bond donors (Lipinski definition) is 1. The van der Waals surface area contributed by atoms with Gasteiger partial charge in [-0.05, 0) is 37.8 Å². The zero-order valence-corrected chi connectivity index (χ0v) is 12.5. The molecule has 0 atom stereocenters. The molecule has 0 amide bonds. The molecule has 0 aromatic carbocycles. The highest BCUT2D eigenvalue weighted by Crippen LogP contribution is 2.29. The van der Waals surface area contributed by atoms with Crippen LogP contribution >= 0.6 is 11.3 Å². The van der Waals surface area contributed by atoms with E-state index in [0.29, 0.717) is 0 Å². The summed E-state index contributed by atoms with van der Waals surface area (Å²) in [5.74, 6) is 0. The first-order chi connectivity index (χ1) is 9.35. The van der Waals surface area contributed by atoms with Gasteiger partial charge in [-0.1, -0.05) is 0 Å². The van der Waals surface area contributed by atoms with Crippen molar-refractivity contribution in [3.8, 4) is 0 Å². The average molecular weight is 280 g/mol. The van der Waals surface area contributed by atoms with Gasteiger partial charge in [0.15, 0.2) is 0 Å². The van der Waals surface area contributed by atoms with Gasteiger partial charge in [0, 0.05) is 48.6 Å². The lowest BCUT2D eigenvalue weighted by molar-refractivity contribution is 0.140. The molecule has 0 unspecified atom stereocenters. The van der Waals surface area contributed by atoms with Crippen LogP contribution in [0.2, 0.25) is 0 Å². The Morgan fingerprint density at radius 3 is 2.74 bits per heavy atom. The second-order valence-electron chi connectivity index (χ2n) is 5.72. The van der Waals surface area contributed by atoms with Gasteiger partial charge >= 0.3 is 0 Å². The zero-order valence-electron chi connectivity index (χ0n) is 11.7. The molecule has 1 aromatic heterocycles. The lowest BCUT2D eigenvalue weighted by Crippen LogP contribution is -2.28. The molecular formula is C15H24N2OS. The minimum atomic E-state index is 0.801. The molecule has 2 fully saturated rings. The van der Waals surface area contributed by atoms with Crippen molar-refractivity contribution < 1.29 is 4.74 Å². The number of nitrogens with one attached hydrogen (secondary N) is 1. The molecule has 2 saturated carbocycles. The summed E-state index contributed by atoms with van der Waals surface area (Å²) in [6.45, 7) is 4.06. The van der Waals surface area contributed by atoms with Crippen LogP contribution in [0.15, 0.2) is 12.1 Å². The zero-order chi connectivity index (χ0) is 13.1. The van der Waals surface area contributed by atoms with Crippen LogP contribution in [0.5, 0.6) is 0 Å². The van der Waals surface area contributed by atoms with Crippen molar-refractivity contribution in [1.82, 2.24) is 10.2 Å². The third kappa shape index (κ3) is 4.28. The Labute approximate surface area is 119 Å².